The van der Waals surface area contributed by atoms with Crippen LogP contribution < -0.4 is 0 Å². The fraction of sp³-hybridized carbons (Fsp3) is 0. The highest BCUT2D eigenvalue weighted by Crippen LogP contribution is 2.53. The van der Waals surface area contributed by atoms with Crippen LogP contribution in [-0.2, 0) is 0 Å². The third kappa shape index (κ3) is 7.60. The molecule has 16 rings (SSSR count). The van der Waals surface area contributed by atoms with E-state index in [0.717, 1.165) is 66.4 Å². The molecule has 0 radical (unpaired) electrons. The molecule has 0 bridgehead atoms. The lowest BCUT2D eigenvalue weighted by Crippen LogP contribution is -1.96. The smallest absolute Gasteiger partial charge is 0.0979 e. The van der Waals surface area contributed by atoms with Crippen molar-refractivity contribution in [2.24, 2.45) is 0 Å². The van der Waals surface area contributed by atoms with Crippen LogP contribution in [0.2, 0.25) is 0 Å². The Bertz CT molecular complexity index is 5050. The third-order valence-corrected chi connectivity index (χ3v) is 18.7. The molecule has 0 aliphatic rings. The zero-order valence-corrected chi connectivity index (χ0v) is 44.9. The monoisotopic (exact) mass is 1050 g/mol. The number of thiophene rings is 2. The standard InChI is InChI=1S/C76H46N2S2/c1-6-22-47(23-7-1)52-40-63(50-28-12-4-13-29-50)74-66(43-52)62-39-21-38-61(73(62)79-74)57-36-20-37-58(70(57)69-46-77-71-59-34-18-16-32-55(59)56-33-17-19-35-60(56)72(71)78-69)65-42-54(49-26-10-3-11-27-49)45-68-67-44-53(48-24-8-2-9-25-48)41-64(75(67)80-76(65)68)51-30-14-5-15-31-51/h1-46H. The van der Waals surface area contributed by atoms with Crippen LogP contribution in [0.4, 0.5) is 0 Å². The average molecular weight is 1050 g/mol. The number of hydrogen-bond acceptors (Lipinski definition) is 4. The summed E-state index contributed by atoms with van der Waals surface area (Å²) < 4.78 is 5.00. The van der Waals surface area contributed by atoms with Gasteiger partial charge in [0, 0.05) is 78.9 Å². The Balaban J connectivity index is 1.03. The predicted octanol–water partition coefficient (Wildman–Crippen LogP) is 22.0. The normalized spacial score (nSPS) is 11.8. The highest BCUT2D eigenvalue weighted by Gasteiger charge is 2.25. The molecule has 16 aromatic rings. The number of aromatic nitrogens is 2. The Kier molecular flexibility index (Phi) is 11.0. The van der Waals surface area contributed by atoms with E-state index in [1.165, 1.54) is 95.6 Å². The molecule has 372 valence electrons. The number of benzene rings is 13. The van der Waals surface area contributed by atoms with Crippen LogP contribution in [0.25, 0.3) is 162 Å². The molecular weight excluding hydrogens is 1000 g/mol. The second kappa shape index (κ2) is 19.0. The van der Waals surface area contributed by atoms with Gasteiger partial charge in [-0.2, -0.15) is 0 Å². The summed E-state index contributed by atoms with van der Waals surface area (Å²) in [6, 6.07) is 99.8. The first-order valence-corrected chi connectivity index (χ1v) is 28.8. The van der Waals surface area contributed by atoms with Crippen molar-refractivity contribution in [1.29, 1.82) is 0 Å². The maximum Gasteiger partial charge on any atom is 0.0979 e. The molecule has 0 saturated heterocycles. The Hall–Kier alpha value is -9.84. The van der Waals surface area contributed by atoms with Gasteiger partial charge in [0.1, 0.15) is 0 Å². The van der Waals surface area contributed by atoms with Crippen molar-refractivity contribution in [2.75, 3.05) is 0 Å². The summed E-state index contributed by atoms with van der Waals surface area (Å²) in [6.07, 6.45) is 2.04. The zero-order chi connectivity index (χ0) is 52.7. The van der Waals surface area contributed by atoms with Crippen molar-refractivity contribution >= 4 is 95.6 Å². The molecule has 0 amide bonds. The van der Waals surface area contributed by atoms with Gasteiger partial charge in [-0.3, -0.25) is 4.98 Å². The van der Waals surface area contributed by atoms with Gasteiger partial charge in [-0.05, 0) is 103 Å². The maximum atomic E-state index is 5.86. The molecule has 0 spiro atoms. The Morgan fingerprint density at radius 1 is 0.225 bits per heavy atom. The Labute approximate surface area is 470 Å². The molecule has 4 heteroatoms. The molecule has 2 nitrogen and oxygen atoms in total. The molecule has 13 aromatic carbocycles. The highest BCUT2D eigenvalue weighted by atomic mass is 32.1. The number of nitrogens with zero attached hydrogens (tertiary/aromatic N) is 2. The lowest BCUT2D eigenvalue weighted by molar-refractivity contribution is 1.31. The van der Waals surface area contributed by atoms with Crippen LogP contribution in [0, 0.1) is 0 Å². The minimum absolute atomic E-state index is 0.828. The van der Waals surface area contributed by atoms with Crippen molar-refractivity contribution in [3.63, 3.8) is 0 Å². The van der Waals surface area contributed by atoms with Gasteiger partial charge in [-0.1, -0.05) is 237 Å². The van der Waals surface area contributed by atoms with Crippen molar-refractivity contribution in [3.8, 4) is 89.1 Å². The van der Waals surface area contributed by atoms with E-state index in [2.05, 4.69) is 273 Å². The summed E-state index contributed by atoms with van der Waals surface area (Å²) >= 11 is 3.78. The molecule has 0 saturated carbocycles. The highest BCUT2D eigenvalue weighted by molar-refractivity contribution is 7.27. The molecule has 0 aliphatic heterocycles. The zero-order valence-electron chi connectivity index (χ0n) is 43.3. The minimum atomic E-state index is 0.828. The SMILES string of the molecule is c1ccc(-c2cc(-c3ccccc3)c3sc4c(-c5cccc(-c6cc(-c7ccccc7)cc7c6sc6c(-c8ccccc8)cc(-c8ccccc8)cc67)c5-c5cnc6c7ccccc7c7ccccc7c6n5)cccc4c3c2)cc1. The molecule has 3 aromatic heterocycles. The number of rotatable bonds is 8. The van der Waals surface area contributed by atoms with Crippen molar-refractivity contribution in [1.82, 2.24) is 9.97 Å². The van der Waals surface area contributed by atoms with Gasteiger partial charge in [0.2, 0.25) is 0 Å². The van der Waals surface area contributed by atoms with Crippen LogP contribution in [0.5, 0.6) is 0 Å². The van der Waals surface area contributed by atoms with Crippen molar-refractivity contribution in [2.45, 2.75) is 0 Å². The minimum Gasteiger partial charge on any atom is -0.252 e. The fourth-order valence-electron chi connectivity index (χ4n) is 12.4. The third-order valence-electron chi connectivity index (χ3n) is 16.1. The first-order chi connectivity index (χ1) is 39.7. The molecule has 0 atom stereocenters. The number of fused-ring (bicyclic) bond motifs is 12. The van der Waals surface area contributed by atoms with E-state index in [9.17, 15) is 0 Å². The van der Waals surface area contributed by atoms with Crippen LogP contribution in [0.3, 0.4) is 0 Å². The second-order valence-electron chi connectivity index (χ2n) is 20.7. The lowest BCUT2D eigenvalue weighted by Gasteiger charge is -2.18. The van der Waals surface area contributed by atoms with Gasteiger partial charge in [-0.25, -0.2) is 4.98 Å². The predicted molar refractivity (Wildman–Crippen MR) is 344 cm³/mol. The Morgan fingerprint density at radius 2 is 0.575 bits per heavy atom. The summed E-state index contributed by atoms with van der Waals surface area (Å²) in [7, 11) is 0. The van der Waals surface area contributed by atoms with Gasteiger partial charge >= 0.3 is 0 Å². The topological polar surface area (TPSA) is 25.8 Å². The maximum absolute atomic E-state index is 5.86. The van der Waals surface area contributed by atoms with E-state index in [1.54, 1.807) is 0 Å². The second-order valence-corrected chi connectivity index (χ2v) is 22.7. The summed E-state index contributed by atoms with van der Waals surface area (Å²) in [5, 5.41) is 9.48. The molecule has 3 heterocycles. The van der Waals surface area contributed by atoms with E-state index < -0.39 is 0 Å². The summed E-state index contributed by atoms with van der Waals surface area (Å²) in [5.74, 6) is 0. The van der Waals surface area contributed by atoms with E-state index >= 15 is 0 Å². The van der Waals surface area contributed by atoms with E-state index in [-0.39, 0.29) is 0 Å². The molecule has 0 unspecified atom stereocenters. The summed E-state index contributed by atoms with van der Waals surface area (Å²) in [6.45, 7) is 0. The number of hydrogen-bond donors (Lipinski definition) is 0. The average Bonchev–Trinajstić information content (AvgIpc) is 4.29. The van der Waals surface area contributed by atoms with Gasteiger partial charge in [0.25, 0.3) is 0 Å². The fourth-order valence-corrected chi connectivity index (χ4v) is 15.0. The quantitative estimate of drug-likeness (QED) is 0.142. The van der Waals surface area contributed by atoms with Gasteiger partial charge < -0.3 is 0 Å². The van der Waals surface area contributed by atoms with Gasteiger partial charge in [0.15, 0.2) is 0 Å². The lowest BCUT2D eigenvalue weighted by atomic mass is 9.87. The molecule has 80 heavy (non-hydrogen) atoms. The first kappa shape index (κ1) is 46.3. The van der Waals surface area contributed by atoms with Crippen molar-refractivity contribution < 1.29 is 0 Å². The summed E-state index contributed by atoms with van der Waals surface area (Å²) in [5.41, 5.74) is 20.2. The Morgan fingerprint density at radius 3 is 1.07 bits per heavy atom. The van der Waals surface area contributed by atoms with E-state index in [4.69, 9.17) is 9.97 Å². The van der Waals surface area contributed by atoms with E-state index in [1.807, 2.05) is 28.9 Å². The molecule has 0 aliphatic carbocycles. The van der Waals surface area contributed by atoms with Crippen molar-refractivity contribution in [3.05, 3.63) is 279 Å². The molecule has 0 N–H and O–H groups in total. The van der Waals surface area contributed by atoms with Gasteiger partial charge in [-0.15, -0.1) is 22.7 Å². The first-order valence-electron chi connectivity index (χ1n) is 27.2. The molecule has 0 fully saturated rings. The molecular formula is C76H46N2S2. The van der Waals surface area contributed by atoms with Crippen LogP contribution in [-0.4, -0.2) is 9.97 Å². The summed E-state index contributed by atoms with van der Waals surface area (Å²) in [4.78, 5) is 11.3. The van der Waals surface area contributed by atoms with Crippen LogP contribution in [0.15, 0.2) is 279 Å². The van der Waals surface area contributed by atoms with Crippen LogP contribution in [0.1, 0.15) is 0 Å². The largest absolute Gasteiger partial charge is 0.252 e. The van der Waals surface area contributed by atoms with E-state index in [0.29, 0.717) is 0 Å². The van der Waals surface area contributed by atoms with Crippen LogP contribution >= 0.6 is 22.7 Å². The van der Waals surface area contributed by atoms with Gasteiger partial charge in [0.05, 0.1) is 22.9 Å².